The maximum atomic E-state index is 8.93. The van der Waals surface area contributed by atoms with E-state index in [-0.39, 0.29) is 0 Å². The van der Waals surface area contributed by atoms with Gasteiger partial charge < -0.3 is 10.6 Å². The minimum Gasteiger partial charge on any atom is -0.399 e. The Morgan fingerprint density at radius 2 is 1.72 bits per heavy atom. The monoisotopic (exact) mass is 432 g/mol. The molecule has 1 aliphatic carbocycles. The highest BCUT2D eigenvalue weighted by atomic mass is 15.1. The second-order valence-corrected chi connectivity index (χ2v) is 8.69. The normalized spacial score (nSPS) is 15.4. The van der Waals surface area contributed by atoms with Gasteiger partial charge in [-0.15, -0.1) is 0 Å². The van der Waals surface area contributed by atoms with Crippen molar-refractivity contribution in [2.75, 3.05) is 19.0 Å². The minimum absolute atomic E-state index is 0.650. The zero-order valence-electron chi connectivity index (χ0n) is 20.6. The molecular weight excluding hydrogens is 392 g/mol. The lowest BCUT2D eigenvalue weighted by Crippen LogP contribution is -2.33. The Labute approximate surface area is 195 Å². The molecule has 172 valence electrons. The average Bonchev–Trinajstić information content (AvgIpc) is 3.20. The van der Waals surface area contributed by atoms with Gasteiger partial charge in [0.15, 0.2) is 0 Å². The molecule has 2 aliphatic rings. The number of aryl methyl sites for hydroxylation is 1. The summed E-state index contributed by atoms with van der Waals surface area (Å²) in [4.78, 5) is 4.67. The van der Waals surface area contributed by atoms with Crippen LogP contribution in [0.15, 0.2) is 43.0 Å². The molecule has 32 heavy (non-hydrogen) atoms. The molecule has 0 spiro atoms. The number of nitrogens with zero attached hydrogens (tertiary/aromatic N) is 3. The standard InChI is InChI=1S/C15H20N2.C11H14N2.C2H6/c1-12-10-15(9-8-13(12)11-16)17(2)14-6-4-3-5-7-14;1-8(12)9-3-4-10-6-13(2)7-11(10)5-9;1-2/h8-10,14H,3-7H2,1-2H3;3-5H,1,6-7,12H2,2H3;1-2H3. The molecule has 0 saturated heterocycles. The summed E-state index contributed by atoms with van der Waals surface area (Å²) < 4.78 is 0. The fraction of sp³-hybridized carbons (Fsp3) is 0.464. The smallest absolute Gasteiger partial charge is 0.0994 e. The fourth-order valence-corrected chi connectivity index (χ4v) is 4.44. The summed E-state index contributed by atoms with van der Waals surface area (Å²) in [6.07, 6.45) is 6.69. The van der Waals surface area contributed by atoms with Crippen LogP contribution in [-0.2, 0) is 13.1 Å². The number of hydrogen-bond acceptors (Lipinski definition) is 4. The van der Waals surface area contributed by atoms with Gasteiger partial charge in [0.1, 0.15) is 0 Å². The van der Waals surface area contributed by atoms with Crippen LogP contribution in [0.2, 0.25) is 0 Å². The Bertz CT molecular complexity index is 935. The summed E-state index contributed by atoms with van der Waals surface area (Å²) in [5, 5.41) is 8.93. The summed E-state index contributed by atoms with van der Waals surface area (Å²) in [6.45, 7) is 11.8. The van der Waals surface area contributed by atoms with Crippen molar-refractivity contribution in [1.29, 1.82) is 5.26 Å². The van der Waals surface area contributed by atoms with Crippen LogP contribution in [0.3, 0.4) is 0 Å². The number of nitrogens with two attached hydrogens (primary N) is 1. The molecule has 0 aromatic heterocycles. The molecule has 4 heteroatoms. The minimum atomic E-state index is 0.650. The van der Waals surface area contributed by atoms with Gasteiger partial charge in [-0.2, -0.15) is 5.26 Å². The molecule has 1 saturated carbocycles. The largest absolute Gasteiger partial charge is 0.399 e. The molecule has 4 rings (SSSR count). The zero-order chi connectivity index (χ0) is 23.7. The van der Waals surface area contributed by atoms with Crippen molar-refractivity contribution in [3.8, 4) is 6.07 Å². The summed E-state index contributed by atoms with van der Waals surface area (Å²) in [7, 11) is 4.30. The number of fused-ring (bicyclic) bond motifs is 1. The van der Waals surface area contributed by atoms with E-state index >= 15 is 0 Å². The van der Waals surface area contributed by atoms with E-state index in [2.05, 4.69) is 60.8 Å². The molecule has 4 nitrogen and oxygen atoms in total. The van der Waals surface area contributed by atoms with Crippen LogP contribution < -0.4 is 10.6 Å². The Morgan fingerprint density at radius 1 is 1.06 bits per heavy atom. The summed E-state index contributed by atoms with van der Waals surface area (Å²) in [5.74, 6) is 0. The van der Waals surface area contributed by atoms with E-state index in [0.29, 0.717) is 11.7 Å². The highest BCUT2D eigenvalue weighted by Crippen LogP contribution is 2.27. The van der Waals surface area contributed by atoms with Gasteiger partial charge in [0, 0.05) is 37.6 Å². The first kappa shape index (κ1) is 25.5. The molecule has 1 aliphatic heterocycles. The summed E-state index contributed by atoms with van der Waals surface area (Å²) in [6, 6.07) is 15.4. The molecular formula is C28H40N4. The highest BCUT2D eigenvalue weighted by molar-refractivity contribution is 5.61. The fourth-order valence-electron chi connectivity index (χ4n) is 4.44. The zero-order valence-corrected chi connectivity index (χ0v) is 20.6. The number of nitriles is 1. The lowest BCUT2D eigenvalue weighted by Gasteiger charge is -2.33. The van der Waals surface area contributed by atoms with Crippen LogP contribution >= 0.6 is 0 Å². The molecule has 2 N–H and O–H groups in total. The van der Waals surface area contributed by atoms with Crippen molar-refractivity contribution < 1.29 is 0 Å². The van der Waals surface area contributed by atoms with Gasteiger partial charge in [-0.3, -0.25) is 4.90 Å². The summed E-state index contributed by atoms with van der Waals surface area (Å²) in [5.41, 5.74) is 13.2. The van der Waals surface area contributed by atoms with E-state index < -0.39 is 0 Å². The Hall–Kier alpha value is -2.77. The van der Waals surface area contributed by atoms with Gasteiger partial charge in [0.25, 0.3) is 0 Å². The number of anilines is 1. The van der Waals surface area contributed by atoms with Gasteiger partial charge in [0.05, 0.1) is 11.6 Å². The predicted molar refractivity (Wildman–Crippen MR) is 137 cm³/mol. The van der Waals surface area contributed by atoms with Crippen molar-refractivity contribution in [3.05, 3.63) is 70.8 Å². The second-order valence-electron chi connectivity index (χ2n) is 8.69. The van der Waals surface area contributed by atoms with Crippen LogP contribution in [0.1, 0.15) is 73.8 Å². The van der Waals surface area contributed by atoms with E-state index in [0.717, 1.165) is 29.8 Å². The molecule has 2 aromatic rings. The van der Waals surface area contributed by atoms with E-state index in [1.54, 1.807) is 0 Å². The van der Waals surface area contributed by atoms with E-state index in [4.69, 9.17) is 11.0 Å². The van der Waals surface area contributed by atoms with Crippen LogP contribution in [0, 0.1) is 18.3 Å². The lowest BCUT2D eigenvalue weighted by molar-refractivity contribution is 0.353. The van der Waals surface area contributed by atoms with Crippen LogP contribution in [0.4, 0.5) is 5.69 Å². The van der Waals surface area contributed by atoms with E-state index in [1.807, 2.05) is 32.9 Å². The maximum Gasteiger partial charge on any atom is 0.0994 e. The predicted octanol–water partition coefficient (Wildman–Crippen LogP) is 6.22. The average molecular weight is 433 g/mol. The Kier molecular flexibility index (Phi) is 9.81. The van der Waals surface area contributed by atoms with E-state index in [1.165, 1.54) is 48.9 Å². The molecule has 2 aromatic carbocycles. The third-order valence-corrected chi connectivity index (χ3v) is 6.32. The Balaban J connectivity index is 0.000000217. The van der Waals surface area contributed by atoms with Gasteiger partial charge in [0.2, 0.25) is 0 Å². The third-order valence-electron chi connectivity index (χ3n) is 6.32. The quantitative estimate of drug-likeness (QED) is 0.625. The number of hydrogen-bond donors (Lipinski definition) is 1. The third kappa shape index (κ3) is 6.61. The van der Waals surface area contributed by atoms with Crippen molar-refractivity contribution in [3.63, 3.8) is 0 Å². The van der Waals surface area contributed by atoms with Crippen molar-refractivity contribution >= 4 is 11.4 Å². The lowest BCUT2D eigenvalue weighted by atomic mass is 9.94. The highest BCUT2D eigenvalue weighted by Gasteiger charge is 2.18. The van der Waals surface area contributed by atoms with Crippen molar-refractivity contribution in [2.24, 2.45) is 5.73 Å². The molecule has 1 fully saturated rings. The molecule has 1 heterocycles. The van der Waals surface area contributed by atoms with Gasteiger partial charge in [-0.1, -0.05) is 51.8 Å². The Morgan fingerprint density at radius 3 is 2.31 bits per heavy atom. The van der Waals surface area contributed by atoms with Crippen LogP contribution in [0.25, 0.3) is 5.70 Å². The SMILES string of the molecule is C=C(N)c1ccc2c(c1)CN(C)C2.CC.Cc1cc(N(C)C2CCCCC2)ccc1C#N. The van der Waals surface area contributed by atoms with Gasteiger partial charge in [-0.25, -0.2) is 0 Å². The van der Waals surface area contributed by atoms with Gasteiger partial charge in [-0.05, 0) is 73.3 Å². The molecule has 0 atom stereocenters. The molecule has 0 radical (unpaired) electrons. The van der Waals surface area contributed by atoms with Crippen molar-refractivity contribution in [2.45, 2.75) is 72.0 Å². The van der Waals surface area contributed by atoms with Crippen LogP contribution in [0.5, 0.6) is 0 Å². The number of benzene rings is 2. The van der Waals surface area contributed by atoms with Crippen LogP contribution in [-0.4, -0.2) is 25.0 Å². The first-order chi connectivity index (χ1) is 15.4. The first-order valence-electron chi connectivity index (χ1n) is 11.9. The number of rotatable bonds is 3. The second kappa shape index (κ2) is 12.3. The first-order valence-corrected chi connectivity index (χ1v) is 11.9. The maximum absolute atomic E-state index is 8.93. The summed E-state index contributed by atoms with van der Waals surface area (Å²) >= 11 is 0. The molecule has 0 unspecified atom stereocenters. The topological polar surface area (TPSA) is 56.3 Å². The molecule has 0 amide bonds. The molecule has 0 bridgehead atoms. The van der Waals surface area contributed by atoms with Crippen molar-refractivity contribution in [1.82, 2.24) is 4.90 Å². The van der Waals surface area contributed by atoms with Gasteiger partial charge >= 0.3 is 0 Å². The van der Waals surface area contributed by atoms with E-state index in [9.17, 15) is 0 Å².